The van der Waals surface area contributed by atoms with Crippen molar-refractivity contribution in [1.82, 2.24) is 15.0 Å². The molecule has 0 saturated heterocycles. The molecular formula is C19H23N3O3S. The number of fused-ring (bicyclic) bond motifs is 1. The molecule has 26 heavy (non-hydrogen) atoms. The Balaban J connectivity index is 1.63. The molecule has 0 radical (unpaired) electrons. The molecule has 0 bridgehead atoms. The smallest absolute Gasteiger partial charge is 0.241 e. The van der Waals surface area contributed by atoms with Gasteiger partial charge in [0.1, 0.15) is 0 Å². The van der Waals surface area contributed by atoms with E-state index in [1.54, 1.807) is 30.6 Å². The number of nitrogens with one attached hydrogen (secondary N) is 2. The van der Waals surface area contributed by atoms with Crippen molar-refractivity contribution in [3.63, 3.8) is 0 Å². The third-order valence-corrected chi connectivity index (χ3v) is 6.08. The Labute approximate surface area is 154 Å². The van der Waals surface area contributed by atoms with Crippen LogP contribution in [0.3, 0.4) is 0 Å². The van der Waals surface area contributed by atoms with Gasteiger partial charge in [-0.15, -0.1) is 0 Å². The van der Waals surface area contributed by atoms with E-state index in [0.29, 0.717) is 6.54 Å². The third-order valence-electron chi connectivity index (χ3n) is 4.55. The Morgan fingerprint density at radius 3 is 2.69 bits per heavy atom. The minimum Gasteiger partial charge on any atom is -0.351 e. The summed E-state index contributed by atoms with van der Waals surface area (Å²) < 4.78 is 27.7. The zero-order valence-electron chi connectivity index (χ0n) is 14.7. The van der Waals surface area contributed by atoms with E-state index in [1.807, 2.05) is 12.1 Å². The summed E-state index contributed by atoms with van der Waals surface area (Å²) in [7, 11) is -3.74. The number of amides is 1. The number of carbonyl (C=O) groups excluding carboxylic acids is 1. The molecule has 1 heterocycles. The Hall–Kier alpha value is -2.25. The lowest BCUT2D eigenvalue weighted by atomic mass is 9.92. The van der Waals surface area contributed by atoms with E-state index in [0.717, 1.165) is 36.8 Å². The molecule has 7 heteroatoms. The van der Waals surface area contributed by atoms with E-state index >= 15 is 0 Å². The fourth-order valence-corrected chi connectivity index (χ4v) is 4.33. The molecule has 0 spiro atoms. The quantitative estimate of drug-likeness (QED) is 0.810. The number of benzene rings is 1. The van der Waals surface area contributed by atoms with Gasteiger partial charge in [0.05, 0.1) is 10.9 Å². The fraction of sp³-hybridized carbons (Fsp3) is 0.368. The number of sulfonamides is 1. The van der Waals surface area contributed by atoms with Crippen molar-refractivity contribution in [2.45, 2.75) is 50.1 Å². The van der Waals surface area contributed by atoms with Gasteiger partial charge in [0.25, 0.3) is 0 Å². The zero-order chi connectivity index (χ0) is 18.6. The van der Waals surface area contributed by atoms with E-state index in [-0.39, 0.29) is 10.8 Å². The lowest BCUT2D eigenvalue weighted by Gasteiger charge is -2.18. The molecule has 2 N–H and O–H groups in total. The summed E-state index contributed by atoms with van der Waals surface area (Å²) in [6.07, 6.45) is 7.43. The predicted molar refractivity (Wildman–Crippen MR) is 99.0 cm³/mol. The Morgan fingerprint density at radius 1 is 1.19 bits per heavy atom. The van der Waals surface area contributed by atoms with Gasteiger partial charge in [-0.1, -0.05) is 12.1 Å². The van der Waals surface area contributed by atoms with Crippen LogP contribution in [-0.4, -0.2) is 25.4 Å². The molecule has 0 saturated carbocycles. The molecule has 1 aliphatic carbocycles. The molecule has 1 aliphatic rings. The number of aryl methyl sites for hydroxylation is 2. The molecular weight excluding hydrogens is 350 g/mol. The first kappa shape index (κ1) is 18.5. The summed E-state index contributed by atoms with van der Waals surface area (Å²) in [5.74, 6) is -0.379. The molecule has 1 aromatic heterocycles. The van der Waals surface area contributed by atoms with Crippen molar-refractivity contribution in [3.05, 3.63) is 59.4 Å². The van der Waals surface area contributed by atoms with E-state index in [9.17, 15) is 13.2 Å². The summed E-state index contributed by atoms with van der Waals surface area (Å²) >= 11 is 0. The first-order chi connectivity index (χ1) is 12.5. The Morgan fingerprint density at radius 2 is 1.96 bits per heavy atom. The SMILES string of the molecule is C[C@@H](NS(=O)(=O)c1ccc2c(c1)CCCC2)C(=O)NCc1cccnc1. The topological polar surface area (TPSA) is 88.2 Å². The first-order valence-electron chi connectivity index (χ1n) is 8.76. The number of carbonyl (C=O) groups is 1. The highest BCUT2D eigenvalue weighted by atomic mass is 32.2. The van der Waals surface area contributed by atoms with E-state index in [4.69, 9.17) is 0 Å². The van der Waals surface area contributed by atoms with Gasteiger partial charge in [-0.05, 0) is 67.5 Å². The zero-order valence-corrected chi connectivity index (χ0v) is 15.6. The van der Waals surface area contributed by atoms with Gasteiger partial charge in [0.15, 0.2) is 0 Å². The van der Waals surface area contributed by atoms with Crippen LogP contribution in [0.15, 0.2) is 47.6 Å². The number of pyridine rings is 1. The Kier molecular flexibility index (Phi) is 5.68. The lowest BCUT2D eigenvalue weighted by molar-refractivity contribution is -0.122. The van der Waals surface area contributed by atoms with Gasteiger partial charge in [0.2, 0.25) is 15.9 Å². The van der Waals surface area contributed by atoms with Crippen molar-refractivity contribution in [2.24, 2.45) is 0 Å². The van der Waals surface area contributed by atoms with Crippen LogP contribution >= 0.6 is 0 Å². The maximum absolute atomic E-state index is 12.6. The van der Waals surface area contributed by atoms with Gasteiger partial charge in [-0.2, -0.15) is 4.72 Å². The summed E-state index contributed by atoms with van der Waals surface area (Å²) in [5.41, 5.74) is 3.16. The highest BCUT2D eigenvalue weighted by molar-refractivity contribution is 7.89. The van der Waals surface area contributed by atoms with Crippen LogP contribution in [0.25, 0.3) is 0 Å². The van der Waals surface area contributed by atoms with E-state index in [2.05, 4.69) is 15.0 Å². The largest absolute Gasteiger partial charge is 0.351 e. The van der Waals surface area contributed by atoms with Crippen molar-refractivity contribution in [2.75, 3.05) is 0 Å². The molecule has 3 rings (SSSR count). The van der Waals surface area contributed by atoms with E-state index < -0.39 is 16.1 Å². The molecule has 1 aromatic carbocycles. The number of nitrogens with zero attached hydrogens (tertiary/aromatic N) is 1. The maximum Gasteiger partial charge on any atom is 0.241 e. The Bertz CT molecular complexity index is 882. The van der Waals surface area contributed by atoms with Crippen LogP contribution in [0.5, 0.6) is 0 Å². The van der Waals surface area contributed by atoms with Crippen LogP contribution in [0.4, 0.5) is 0 Å². The monoisotopic (exact) mass is 373 g/mol. The number of hydrogen-bond acceptors (Lipinski definition) is 4. The number of rotatable bonds is 6. The van der Waals surface area contributed by atoms with Crippen LogP contribution in [0, 0.1) is 0 Å². The molecule has 1 atom stereocenters. The number of aromatic nitrogens is 1. The third kappa shape index (κ3) is 4.47. The summed E-state index contributed by atoms with van der Waals surface area (Å²) in [6.45, 7) is 1.84. The lowest BCUT2D eigenvalue weighted by Crippen LogP contribution is -2.44. The van der Waals surface area contributed by atoms with Gasteiger partial charge < -0.3 is 5.32 Å². The highest BCUT2D eigenvalue weighted by Gasteiger charge is 2.23. The van der Waals surface area contributed by atoms with Crippen LogP contribution in [0.1, 0.15) is 36.5 Å². The molecule has 0 unspecified atom stereocenters. The second-order valence-corrected chi connectivity index (χ2v) is 8.27. The minimum absolute atomic E-state index is 0.213. The highest BCUT2D eigenvalue weighted by Crippen LogP contribution is 2.24. The van der Waals surface area contributed by atoms with Crippen molar-refractivity contribution in [1.29, 1.82) is 0 Å². The molecule has 6 nitrogen and oxygen atoms in total. The van der Waals surface area contributed by atoms with Gasteiger partial charge in [-0.25, -0.2) is 8.42 Å². The molecule has 1 amide bonds. The first-order valence-corrected chi connectivity index (χ1v) is 10.2. The molecule has 2 aromatic rings. The van der Waals surface area contributed by atoms with Crippen LogP contribution in [-0.2, 0) is 34.2 Å². The minimum atomic E-state index is -3.74. The molecule has 138 valence electrons. The average molecular weight is 373 g/mol. The van der Waals surface area contributed by atoms with Crippen LogP contribution < -0.4 is 10.0 Å². The van der Waals surface area contributed by atoms with Gasteiger partial charge in [-0.3, -0.25) is 9.78 Å². The molecule has 0 aliphatic heterocycles. The molecule has 0 fully saturated rings. The standard InChI is InChI=1S/C19H23N3O3S/c1-14(19(23)21-13-15-5-4-10-20-12-15)22-26(24,25)18-9-8-16-6-2-3-7-17(16)11-18/h4-5,8-12,14,22H,2-3,6-7,13H2,1H3,(H,21,23)/t14-/m1/s1. The van der Waals surface area contributed by atoms with Crippen molar-refractivity contribution >= 4 is 15.9 Å². The van der Waals surface area contributed by atoms with Gasteiger partial charge in [0, 0.05) is 18.9 Å². The second kappa shape index (κ2) is 7.97. The average Bonchev–Trinajstić information content (AvgIpc) is 2.66. The van der Waals surface area contributed by atoms with E-state index in [1.165, 1.54) is 12.5 Å². The van der Waals surface area contributed by atoms with Crippen LogP contribution in [0.2, 0.25) is 0 Å². The fourth-order valence-electron chi connectivity index (χ4n) is 3.08. The summed E-state index contributed by atoms with van der Waals surface area (Å²) in [6, 6.07) is 7.99. The second-order valence-electron chi connectivity index (χ2n) is 6.56. The summed E-state index contributed by atoms with van der Waals surface area (Å²) in [5, 5.41) is 2.72. The summed E-state index contributed by atoms with van der Waals surface area (Å²) in [4.78, 5) is 16.4. The van der Waals surface area contributed by atoms with Crippen molar-refractivity contribution < 1.29 is 13.2 Å². The number of hydrogen-bond donors (Lipinski definition) is 2. The maximum atomic E-state index is 12.6. The normalized spacial score (nSPS) is 15.1. The van der Waals surface area contributed by atoms with Crippen molar-refractivity contribution in [3.8, 4) is 0 Å². The predicted octanol–water partition coefficient (Wildman–Crippen LogP) is 1.94. The van der Waals surface area contributed by atoms with Gasteiger partial charge >= 0.3 is 0 Å².